The van der Waals surface area contributed by atoms with Crippen molar-refractivity contribution in [2.24, 2.45) is 0 Å². The topological polar surface area (TPSA) is 37.3 Å². The number of rotatable bonds is 5. The van der Waals surface area contributed by atoms with E-state index in [-0.39, 0.29) is 5.91 Å². The van der Waals surface area contributed by atoms with Gasteiger partial charge in [0.15, 0.2) is 0 Å². The van der Waals surface area contributed by atoms with Crippen molar-refractivity contribution in [3.8, 4) is 0 Å². The van der Waals surface area contributed by atoms with Crippen molar-refractivity contribution in [1.29, 1.82) is 0 Å². The summed E-state index contributed by atoms with van der Waals surface area (Å²) in [5, 5.41) is 3.52. The van der Waals surface area contributed by atoms with Gasteiger partial charge < -0.3 is 14.8 Å². The fourth-order valence-corrected chi connectivity index (χ4v) is 3.79. The highest BCUT2D eigenvalue weighted by Crippen LogP contribution is 2.38. The Labute approximate surface area is 134 Å². The molecule has 5 heteroatoms. The molecule has 1 aromatic rings. The van der Waals surface area contributed by atoms with Crippen LogP contribution in [0, 0.1) is 0 Å². The fourth-order valence-electron chi connectivity index (χ4n) is 3.35. The van der Waals surface area contributed by atoms with Crippen molar-refractivity contribution < 1.29 is 4.79 Å². The first-order chi connectivity index (χ1) is 10.2. The number of amides is 1. The average molecular weight is 352 g/mol. The highest BCUT2D eigenvalue weighted by Gasteiger charge is 2.37. The molecule has 21 heavy (non-hydrogen) atoms. The van der Waals surface area contributed by atoms with Crippen LogP contribution < -0.4 is 5.32 Å². The Morgan fingerprint density at radius 2 is 2.14 bits per heavy atom. The molecule has 0 bridgehead atoms. The van der Waals surface area contributed by atoms with E-state index >= 15 is 0 Å². The van der Waals surface area contributed by atoms with Crippen molar-refractivity contribution in [3.05, 3.63) is 22.4 Å². The van der Waals surface area contributed by atoms with Crippen LogP contribution in [0.2, 0.25) is 0 Å². The third-order valence-electron chi connectivity index (χ3n) is 4.80. The van der Waals surface area contributed by atoms with Gasteiger partial charge in [-0.25, -0.2) is 0 Å². The SMILES string of the molecule is O=C(c1cc(Br)cn1C1CC1)N(CC1CCCN1)C1CC1. The molecular formula is C16H22BrN3O. The maximum absolute atomic E-state index is 13.0. The predicted molar refractivity (Wildman–Crippen MR) is 85.5 cm³/mol. The molecule has 2 aliphatic carbocycles. The Morgan fingerprint density at radius 3 is 2.76 bits per heavy atom. The molecule has 2 heterocycles. The third kappa shape index (κ3) is 2.90. The summed E-state index contributed by atoms with van der Waals surface area (Å²) in [4.78, 5) is 15.2. The summed E-state index contributed by atoms with van der Waals surface area (Å²) < 4.78 is 3.21. The molecule has 1 atom stereocenters. The van der Waals surface area contributed by atoms with Crippen molar-refractivity contribution >= 4 is 21.8 Å². The highest BCUT2D eigenvalue weighted by molar-refractivity contribution is 9.10. The molecule has 1 N–H and O–H groups in total. The van der Waals surface area contributed by atoms with E-state index in [1.165, 1.54) is 38.5 Å². The maximum atomic E-state index is 13.0. The van der Waals surface area contributed by atoms with Gasteiger partial charge in [-0.05, 0) is 67.1 Å². The van der Waals surface area contributed by atoms with Crippen molar-refractivity contribution in [2.45, 2.75) is 56.7 Å². The molecule has 4 nitrogen and oxygen atoms in total. The zero-order valence-corrected chi connectivity index (χ0v) is 13.8. The summed E-state index contributed by atoms with van der Waals surface area (Å²) in [5.41, 5.74) is 0.870. The lowest BCUT2D eigenvalue weighted by Crippen LogP contribution is -2.43. The van der Waals surface area contributed by atoms with Crippen LogP contribution in [-0.2, 0) is 0 Å². The Bertz CT molecular complexity index is 542. The Kier molecular flexibility index (Phi) is 3.58. The van der Waals surface area contributed by atoms with Gasteiger partial charge in [0.05, 0.1) is 0 Å². The Hall–Kier alpha value is -0.810. The van der Waals surface area contributed by atoms with Crippen LogP contribution in [0.25, 0.3) is 0 Å². The van der Waals surface area contributed by atoms with Gasteiger partial charge in [0, 0.05) is 35.3 Å². The predicted octanol–water partition coefficient (Wildman–Crippen LogP) is 2.94. The third-order valence-corrected chi connectivity index (χ3v) is 5.24. The second-order valence-corrected chi connectivity index (χ2v) is 7.58. The first-order valence-electron chi connectivity index (χ1n) is 8.14. The van der Waals surface area contributed by atoms with Crippen molar-refractivity contribution in [3.63, 3.8) is 0 Å². The highest BCUT2D eigenvalue weighted by atomic mass is 79.9. The lowest BCUT2D eigenvalue weighted by Gasteiger charge is -2.26. The molecule has 1 saturated heterocycles. The molecule has 2 saturated carbocycles. The summed E-state index contributed by atoms with van der Waals surface area (Å²) in [6.45, 7) is 1.97. The molecule has 1 aliphatic heterocycles. The second kappa shape index (κ2) is 5.43. The smallest absolute Gasteiger partial charge is 0.270 e. The second-order valence-electron chi connectivity index (χ2n) is 6.66. The molecule has 0 spiro atoms. The summed E-state index contributed by atoms with van der Waals surface area (Å²) in [7, 11) is 0. The number of aromatic nitrogens is 1. The van der Waals surface area contributed by atoms with Crippen LogP contribution >= 0.6 is 15.9 Å². The number of nitrogens with one attached hydrogen (secondary N) is 1. The van der Waals surface area contributed by atoms with Crippen LogP contribution in [0.1, 0.15) is 55.1 Å². The summed E-state index contributed by atoms with van der Waals surface area (Å²) >= 11 is 3.53. The zero-order chi connectivity index (χ0) is 14.4. The molecule has 114 valence electrons. The number of carbonyl (C=O) groups excluding carboxylic acids is 1. The van der Waals surface area contributed by atoms with E-state index in [9.17, 15) is 4.79 Å². The summed E-state index contributed by atoms with van der Waals surface area (Å²) in [6, 6.07) is 3.50. The van der Waals surface area contributed by atoms with E-state index in [1.54, 1.807) is 0 Å². The molecule has 4 rings (SSSR count). The minimum Gasteiger partial charge on any atom is -0.339 e. The van der Waals surface area contributed by atoms with E-state index in [2.05, 4.69) is 36.9 Å². The van der Waals surface area contributed by atoms with Crippen LogP contribution in [0.4, 0.5) is 0 Å². The monoisotopic (exact) mass is 351 g/mol. The maximum Gasteiger partial charge on any atom is 0.270 e. The van der Waals surface area contributed by atoms with Gasteiger partial charge in [0.1, 0.15) is 5.69 Å². The van der Waals surface area contributed by atoms with Crippen molar-refractivity contribution in [1.82, 2.24) is 14.8 Å². The Balaban J connectivity index is 1.55. The number of hydrogen-bond donors (Lipinski definition) is 1. The Morgan fingerprint density at radius 1 is 1.33 bits per heavy atom. The van der Waals surface area contributed by atoms with E-state index in [0.29, 0.717) is 18.1 Å². The van der Waals surface area contributed by atoms with E-state index in [1.807, 2.05) is 6.07 Å². The largest absolute Gasteiger partial charge is 0.339 e. The van der Waals surface area contributed by atoms with Gasteiger partial charge in [0.2, 0.25) is 0 Å². The van der Waals surface area contributed by atoms with Crippen LogP contribution in [-0.4, -0.2) is 40.5 Å². The van der Waals surface area contributed by atoms with Gasteiger partial charge in [-0.15, -0.1) is 0 Å². The summed E-state index contributed by atoms with van der Waals surface area (Å²) in [5.74, 6) is 0.226. The van der Waals surface area contributed by atoms with E-state index < -0.39 is 0 Å². The first-order valence-corrected chi connectivity index (χ1v) is 8.93. The van der Waals surface area contributed by atoms with Gasteiger partial charge in [-0.3, -0.25) is 4.79 Å². The molecule has 1 unspecified atom stereocenters. The van der Waals surface area contributed by atoms with E-state index in [4.69, 9.17) is 0 Å². The van der Waals surface area contributed by atoms with Crippen LogP contribution in [0.5, 0.6) is 0 Å². The molecule has 3 fully saturated rings. The zero-order valence-electron chi connectivity index (χ0n) is 12.2. The fraction of sp³-hybridized carbons (Fsp3) is 0.688. The summed E-state index contributed by atoms with van der Waals surface area (Å²) in [6.07, 6.45) is 9.26. The number of hydrogen-bond acceptors (Lipinski definition) is 2. The average Bonchev–Trinajstić information content (AvgIpc) is 3.40. The van der Waals surface area contributed by atoms with Gasteiger partial charge in [0.25, 0.3) is 5.91 Å². The molecule has 1 amide bonds. The van der Waals surface area contributed by atoms with Crippen molar-refractivity contribution in [2.75, 3.05) is 13.1 Å². The minimum atomic E-state index is 0.226. The first kappa shape index (κ1) is 13.8. The minimum absolute atomic E-state index is 0.226. The molecule has 0 aromatic carbocycles. The molecule has 0 radical (unpaired) electrons. The number of carbonyl (C=O) groups is 1. The van der Waals surface area contributed by atoms with Gasteiger partial charge in [-0.1, -0.05) is 0 Å². The number of nitrogens with zero attached hydrogens (tertiary/aromatic N) is 2. The molecule has 1 aromatic heterocycles. The van der Waals surface area contributed by atoms with Gasteiger partial charge in [-0.2, -0.15) is 0 Å². The quantitative estimate of drug-likeness (QED) is 0.885. The van der Waals surface area contributed by atoms with E-state index in [0.717, 1.165) is 23.3 Å². The van der Waals surface area contributed by atoms with Gasteiger partial charge >= 0.3 is 0 Å². The standard InChI is InChI=1S/C16H22BrN3O/c17-11-8-15(19(9-11)13-3-4-13)16(21)20(14-5-6-14)10-12-2-1-7-18-12/h8-9,12-14,18H,1-7,10H2. The lowest BCUT2D eigenvalue weighted by atomic mass is 10.2. The molecular weight excluding hydrogens is 330 g/mol. The normalized spacial score (nSPS) is 25.3. The molecule has 3 aliphatic rings. The van der Waals surface area contributed by atoms with Crippen LogP contribution in [0.15, 0.2) is 16.7 Å². The van der Waals surface area contributed by atoms with Crippen LogP contribution in [0.3, 0.4) is 0 Å². The lowest BCUT2D eigenvalue weighted by molar-refractivity contribution is 0.0717. The number of halogens is 1.